The van der Waals surface area contributed by atoms with Crippen LogP contribution in [0.2, 0.25) is 0 Å². The molecule has 2 amide bonds. The number of phenols is 1. The van der Waals surface area contributed by atoms with E-state index < -0.39 is 0 Å². The minimum Gasteiger partial charge on any atom is -0.508 e. The van der Waals surface area contributed by atoms with Crippen molar-refractivity contribution in [3.8, 4) is 5.75 Å². The molecule has 0 bridgehead atoms. The molecule has 0 aliphatic rings. The molecule has 0 aliphatic heterocycles. The molecule has 4 heteroatoms. The monoisotopic (exact) mass is 306 g/mol. The van der Waals surface area contributed by atoms with Crippen molar-refractivity contribution in [1.29, 1.82) is 0 Å². The van der Waals surface area contributed by atoms with Gasteiger partial charge in [0.1, 0.15) is 5.75 Å². The molecule has 4 nitrogen and oxygen atoms in total. The van der Waals surface area contributed by atoms with Gasteiger partial charge < -0.3 is 15.7 Å². The molecule has 0 saturated carbocycles. The van der Waals surface area contributed by atoms with Gasteiger partial charge in [-0.1, -0.05) is 44.7 Å². The molecule has 0 saturated heterocycles. The quantitative estimate of drug-likeness (QED) is 0.604. The molecule has 0 radical (unpaired) electrons. The predicted molar refractivity (Wildman–Crippen MR) is 91.2 cm³/mol. The van der Waals surface area contributed by atoms with Gasteiger partial charge in [-0.05, 0) is 44.4 Å². The van der Waals surface area contributed by atoms with Crippen molar-refractivity contribution in [2.75, 3.05) is 0 Å². The van der Waals surface area contributed by atoms with Gasteiger partial charge in [-0.2, -0.15) is 0 Å². The van der Waals surface area contributed by atoms with Gasteiger partial charge in [-0.3, -0.25) is 0 Å². The van der Waals surface area contributed by atoms with Crippen molar-refractivity contribution in [2.24, 2.45) is 0 Å². The Balaban J connectivity index is 2.24. The van der Waals surface area contributed by atoms with Crippen LogP contribution in [0.25, 0.3) is 0 Å². The fourth-order valence-corrected chi connectivity index (χ4v) is 2.48. The van der Waals surface area contributed by atoms with E-state index in [1.807, 2.05) is 19.1 Å². The van der Waals surface area contributed by atoms with Gasteiger partial charge in [0.2, 0.25) is 0 Å². The number of aromatic hydroxyl groups is 1. The molecule has 0 fully saturated rings. The second-order valence-corrected chi connectivity index (χ2v) is 6.14. The Bertz CT molecular complexity index is 431. The van der Waals surface area contributed by atoms with Gasteiger partial charge in [0.05, 0.1) is 0 Å². The zero-order chi connectivity index (χ0) is 16.4. The Morgan fingerprint density at radius 2 is 1.68 bits per heavy atom. The minimum atomic E-state index is -0.103. The number of hydrogen-bond acceptors (Lipinski definition) is 2. The first-order valence-corrected chi connectivity index (χ1v) is 8.36. The van der Waals surface area contributed by atoms with Crippen LogP contribution >= 0.6 is 0 Å². The third kappa shape index (κ3) is 7.91. The lowest BCUT2D eigenvalue weighted by atomic mass is 10.1. The highest BCUT2D eigenvalue weighted by Crippen LogP contribution is 2.11. The standard InChI is InChI=1S/C18H30N2O2/c1-4-5-6-7-8-14(2)19-18(22)20-15(3)13-16-9-11-17(21)12-10-16/h9-12,14-15,21H,4-8,13H2,1-3H3,(H2,19,20,22). The summed E-state index contributed by atoms with van der Waals surface area (Å²) in [6, 6.07) is 7.24. The summed E-state index contributed by atoms with van der Waals surface area (Å²) in [5.74, 6) is 0.263. The first-order chi connectivity index (χ1) is 10.5. The molecular weight excluding hydrogens is 276 g/mol. The Labute approximate surface area is 134 Å². The smallest absolute Gasteiger partial charge is 0.315 e. The lowest BCUT2D eigenvalue weighted by Crippen LogP contribution is -2.45. The summed E-state index contributed by atoms with van der Waals surface area (Å²) in [4.78, 5) is 11.9. The molecule has 22 heavy (non-hydrogen) atoms. The van der Waals surface area contributed by atoms with Crippen LogP contribution in [0.5, 0.6) is 5.75 Å². The SMILES string of the molecule is CCCCCCC(C)NC(=O)NC(C)Cc1ccc(O)cc1. The number of phenolic OH excluding ortho intramolecular Hbond substituents is 1. The van der Waals surface area contributed by atoms with Gasteiger partial charge in [0, 0.05) is 12.1 Å². The number of nitrogens with one attached hydrogen (secondary N) is 2. The lowest BCUT2D eigenvalue weighted by Gasteiger charge is -2.18. The first-order valence-electron chi connectivity index (χ1n) is 8.36. The summed E-state index contributed by atoms with van der Waals surface area (Å²) in [7, 11) is 0. The van der Waals surface area contributed by atoms with Crippen LogP contribution in [0.4, 0.5) is 4.79 Å². The second-order valence-electron chi connectivity index (χ2n) is 6.14. The fraction of sp³-hybridized carbons (Fsp3) is 0.611. The van der Waals surface area contributed by atoms with Crippen molar-refractivity contribution in [2.45, 2.75) is 71.4 Å². The van der Waals surface area contributed by atoms with E-state index in [0.717, 1.165) is 18.4 Å². The summed E-state index contributed by atoms with van der Waals surface area (Å²) < 4.78 is 0. The summed E-state index contributed by atoms with van der Waals surface area (Å²) >= 11 is 0. The number of urea groups is 1. The van der Waals surface area contributed by atoms with Crippen LogP contribution < -0.4 is 10.6 Å². The fourth-order valence-electron chi connectivity index (χ4n) is 2.48. The normalized spacial score (nSPS) is 13.4. The summed E-state index contributed by atoms with van der Waals surface area (Å²) in [5, 5.41) is 15.2. The molecule has 3 N–H and O–H groups in total. The first kappa shape index (κ1) is 18.3. The van der Waals surface area contributed by atoms with Crippen LogP contribution in [-0.4, -0.2) is 23.2 Å². The third-order valence-electron chi connectivity index (χ3n) is 3.72. The molecule has 0 aromatic heterocycles. The van der Waals surface area contributed by atoms with Crippen molar-refractivity contribution in [3.63, 3.8) is 0 Å². The molecule has 1 rings (SSSR count). The molecule has 0 heterocycles. The summed E-state index contributed by atoms with van der Waals surface area (Å²) in [5.41, 5.74) is 1.10. The van der Waals surface area contributed by atoms with E-state index in [2.05, 4.69) is 24.5 Å². The van der Waals surface area contributed by atoms with Gasteiger partial charge in [0.25, 0.3) is 0 Å². The largest absolute Gasteiger partial charge is 0.508 e. The Morgan fingerprint density at radius 1 is 1.05 bits per heavy atom. The van der Waals surface area contributed by atoms with E-state index in [1.165, 1.54) is 25.7 Å². The highest BCUT2D eigenvalue weighted by molar-refractivity contribution is 5.74. The average molecular weight is 306 g/mol. The number of carbonyl (C=O) groups excluding carboxylic acids is 1. The van der Waals surface area contributed by atoms with Crippen molar-refractivity contribution >= 4 is 6.03 Å². The predicted octanol–water partition coefficient (Wildman–Crippen LogP) is 3.98. The van der Waals surface area contributed by atoms with E-state index in [-0.39, 0.29) is 23.9 Å². The highest BCUT2D eigenvalue weighted by atomic mass is 16.3. The molecule has 124 valence electrons. The number of hydrogen-bond donors (Lipinski definition) is 3. The van der Waals surface area contributed by atoms with Crippen molar-refractivity contribution in [3.05, 3.63) is 29.8 Å². The second kappa shape index (κ2) is 10.1. The van der Waals surface area contributed by atoms with Crippen molar-refractivity contribution < 1.29 is 9.90 Å². The number of carbonyl (C=O) groups is 1. The highest BCUT2D eigenvalue weighted by Gasteiger charge is 2.10. The molecule has 1 aromatic rings. The third-order valence-corrected chi connectivity index (χ3v) is 3.72. The molecule has 1 aromatic carbocycles. The van der Waals surface area contributed by atoms with Crippen LogP contribution in [-0.2, 0) is 6.42 Å². The van der Waals surface area contributed by atoms with E-state index in [4.69, 9.17) is 0 Å². The molecular formula is C18H30N2O2. The minimum absolute atomic E-state index is 0.0526. The van der Waals surface area contributed by atoms with E-state index in [1.54, 1.807) is 12.1 Å². The van der Waals surface area contributed by atoms with Gasteiger partial charge in [-0.15, -0.1) is 0 Å². The van der Waals surface area contributed by atoms with Crippen molar-refractivity contribution in [1.82, 2.24) is 10.6 Å². The summed E-state index contributed by atoms with van der Waals surface area (Å²) in [6.07, 6.45) is 6.68. The van der Waals surface area contributed by atoms with E-state index in [9.17, 15) is 9.90 Å². The molecule has 0 spiro atoms. The maximum Gasteiger partial charge on any atom is 0.315 e. The topological polar surface area (TPSA) is 61.4 Å². The maximum atomic E-state index is 11.9. The number of benzene rings is 1. The Hall–Kier alpha value is -1.71. The van der Waals surface area contributed by atoms with Crippen LogP contribution in [0.1, 0.15) is 58.4 Å². The Kier molecular flexibility index (Phi) is 8.41. The van der Waals surface area contributed by atoms with Crippen LogP contribution in [0.15, 0.2) is 24.3 Å². The number of unbranched alkanes of at least 4 members (excludes halogenated alkanes) is 3. The van der Waals surface area contributed by atoms with E-state index in [0.29, 0.717) is 0 Å². The average Bonchev–Trinajstić information content (AvgIpc) is 2.46. The summed E-state index contributed by atoms with van der Waals surface area (Å²) in [6.45, 7) is 6.24. The van der Waals surface area contributed by atoms with Gasteiger partial charge in [-0.25, -0.2) is 4.79 Å². The lowest BCUT2D eigenvalue weighted by molar-refractivity contribution is 0.233. The van der Waals surface area contributed by atoms with Gasteiger partial charge >= 0.3 is 6.03 Å². The molecule has 2 unspecified atom stereocenters. The van der Waals surface area contributed by atoms with E-state index >= 15 is 0 Å². The maximum absolute atomic E-state index is 11.9. The number of rotatable bonds is 9. The Morgan fingerprint density at radius 3 is 2.32 bits per heavy atom. The van der Waals surface area contributed by atoms with Crippen LogP contribution in [0, 0.1) is 0 Å². The molecule has 2 atom stereocenters. The number of amides is 2. The molecule has 0 aliphatic carbocycles. The van der Waals surface area contributed by atoms with Crippen LogP contribution in [0.3, 0.4) is 0 Å². The zero-order valence-corrected chi connectivity index (χ0v) is 14.1. The van der Waals surface area contributed by atoms with Gasteiger partial charge in [0.15, 0.2) is 0 Å². The zero-order valence-electron chi connectivity index (χ0n) is 14.1.